The summed E-state index contributed by atoms with van der Waals surface area (Å²) < 4.78 is 42.0. The molecule has 1 heterocycles. The number of hydrogen-bond acceptors (Lipinski definition) is 6. The minimum atomic E-state index is -3.70. The van der Waals surface area contributed by atoms with Crippen molar-refractivity contribution in [3.05, 3.63) is 96.1 Å². The number of nitrogens with one attached hydrogen (secondary N) is 1. The van der Waals surface area contributed by atoms with Gasteiger partial charge >= 0.3 is 0 Å². The van der Waals surface area contributed by atoms with Crippen LogP contribution in [-0.4, -0.2) is 34.3 Å². The van der Waals surface area contributed by atoms with Gasteiger partial charge in [-0.15, -0.1) is 10.2 Å². The molecular weight excluding hydrogens is 499 g/mol. The van der Waals surface area contributed by atoms with Gasteiger partial charge in [-0.1, -0.05) is 66.7 Å². The maximum absolute atomic E-state index is 14.0. The first kappa shape index (κ1) is 25.6. The standard InChI is InChI=1S/C26H25FN4O3S2/c1-3-23(25(32)28-22-12-8-7-11-21(22)27)35-26-30-29-24(31(26)19-9-5-4-6-10-19)17-36(33,34)20-15-13-18(2)14-16-20/h4-16,23H,3,17H2,1-2H3,(H,28,32). The second kappa shape index (κ2) is 11.0. The Kier molecular flexibility index (Phi) is 7.85. The Morgan fingerprint density at radius 3 is 2.33 bits per heavy atom. The van der Waals surface area contributed by atoms with Crippen LogP contribution in [0, 0.1) is 12.7 Å². The first-order valence-corrected chi connectivity index (χ1v) is 13.8. The lowest BCUT2D eigenvalue weighted by molar-refractivity contribution is -0.115. The smallest absolute Gasteiger partial charge is 0.238 e. The molecule has 4 rings (SSSR count). The van der Waals surface area contributed by atoms with Gasteiger partial charge in [0, 0.05) is 5.69 Å². The minimum Gasteiger partial charge on any atom is -0.323 e. The number of halogens is 1. The van der Waals surface area contributed by atoms with Crippen LogP contribution in [0.15, 0.2) is 88.9 Å². The van der Waals surface area contributed by atoms with Crippen molar-refractivity contribution in [1.29, 1.82) is 0 Å². The third kappa shape index (κ3) is 5.83. The summed E-state index contributed by atoms with van der Waals surface area (Å²) in [5, 5.41) is 10.8. The molecule has 0 aliphatic heterocycles. The van der Waals surface area contributed by atoms with Gasteiger partial charge in [-0.05, 0) is 49.7 Å². The predicted molar refractivity (Wildman–Crippen MR) is 138 cm³/mol. The molecule has 0 aliphatic carbocycles. The highest BCUT2D eigenvalue weighted by Crippen LogP contribution is 2.30. The predicted octanol–water partition coefficient (Wildman–Crippen LogP) is 5.20. The Balaban J connectivity index is 1.65. The third-order valence-corrected chi connectivity index (χ3v) is 8.39. The number of benzene rings is 3. The van der Waals surface area contributed by atoms with Crippen LogP contribution in [0.5, 0.6) is 0 Å². The summed E-state index contributed by atoms with van der Waals surface area (Å²) >= 11 is 1.15. The molecule has 0 radical (unpaired) electrons. The van der Waals surface area contributed by atoms with E-state index in [4.69, 9.17) is 0 Å². The van der Waals surface area contributed by atoms with Gasteiger partial charge in [0.1, 0.15) is 11.6 Å². The SMILES string of the molecule is CCC(Sc1nnc(CS(=O)(=O)c2ccc(C)cc2)n1-c1ccccc1)C(=O)Nc1ccccc1F. The zero-order valence-electron chi connectivity index (χ0n) is 19.8. The van der Waals surface area contributed by atoms with E-state index in [1.807, 2.05) is 44.2 Å². The fourth-order valence-electron chi connectivity index (χ4n) is 3.53. The van der Waals surface area contributed by atoms with Gasteiger partial charge in [0.15, 0.2) is 20.8 Å². The van der Waals surface area contributed by atoms with Crippen molar-refractivity contribution < 1.29 is 17.6 Å². The van der Waals surface area contributed by atoms with E-state index in [-0.39, 0.29) is 28.1 Å². The van der Waals surface area contributed by atoms with Gasteiger partial charge in [0.05, 0.1) is 15.8 Å². The summed E-state index contributed by atoms with van der Waals surface area (Å²) in [5.41, 5.74) is 1.72. The van der Waals surface area contributed by atoms with E-state index in [1.165, 1.54) is 12.1 Å². The molecule has 1 atom stereocenters. The van der Waals surface area contributed by atoms with Crippen LogP contribution >= 0.6 is 11.8 Å². The van der Waals surface area contributed by atoms with Gasteiger partial charge < -0.3 is 5.32 Å². The quantitative estimate of drug-likeness (QED) is 0.303. The molecule has 1 amide bonds. The first-order valence-electron chi connectivity index (χ1n) is 11.3. The molecule has 0 saturated heterocycles. The summed E-state index contributed by atoms with van der Waals surface area (Å²) in [5.74, 6) is -1.05. The van der Waals surface area contributed by atoms with Crippen molar-refractivity contribution >= 4 is 33.2 Å². The highest BCUT2D eigenvalue weighted by Gasteiger charge is 2.26. The maximum atomic E-state index is 14.0. The van der Waals surface area contributed by atoms with E-state index in [2.05, 4.69) is 15.5 Å². The third-order valence-electron chi connectivity index (χ3n) is 5.46. The first-order chi connectivity index (χ1) is 17.3. The average molecular weight is 525 g/mol. The number of anilines is 1. The molecular formula is C26H25FN4O3S2. The number of sulfone groups is 1. The number of thioether (sulfide) groups is 1. The topological polar surface area (TPSA) is 93.9 Å². The number of carbonyl (C=O) groups excluding carboxylic acids is 1. The van der Waals surface area contributed by atoms with Crippen LogP contribution in [0.4, 0.5) is 10.1 Å². The summed E-state index contributed by atoms with van der Waals surface area (Å²) in [7, 11) is -3.70. The Labute approximate surface area is 213 Å². The van der Waals surface area contributed by atoms with E-state index in [9.17, 15) is 17.6 Å². The summed E-state index contributed by atoms with van der Waals surface area (Å²) in [6, 6.07) is 21.7. The lowest BCUT2D eigenvalue weighted by Crippen LogP contribution is -2.25. The highest BCUT2D eigenvalue weighted by molar-refractivity contribution is 8.00. The van der Waals surface area contributed by atoms with Crippen molar-refractivity contribution in [2.24, 2.45) is 0 Å². The minimum absolute atomic E-state index is 0.0935. The molecule has 0 spiro atoms. The highest BCUT2D eigenvalue weighted by atomic mass is 32.2. The molecule has 1 N–H and O–H groups in total. The van der Waals surface area contributed by atoms with Crippen molar-refractivity contribution in [2.45, 2.75) is 41.3 Å². The second-order valence-electron chi connectivity index (χ2n) is 8.13. The van der Waals surface area contributed by atoms with E-state index in [1.54, 1.807) is 41.0 Å². The second-order valence-corrected chi connectivity index (χ2v) is 11.3. The van der Waals surface area contributed by atoms with Crippen LogP contribution in [0.2, 0.25) is 0 Å². The molecule has 0 aliphatic rings. The molecule has 7 nitrogen and oxygen atoms in total. The zero-order chi connectivity index (χ0) is 25.7. The maximum Gasteiger partial charge on any atom is 0.238 e. The Morgan fingerprint density at radius 1 is 1.00 bits per heavy atom. The summed E-state index contributed by atoms with van der Waals surface area (Å²) in [4.78, 5) is 13.1. The van der Waals surface area contributed by atoms with Crippen molar-refractivity contribution in [3.63, 3.8) is 0 Å². The van der Waals surface area contributed by atoms with Crippen molar-refractivity contribution in [3.8, 4) is 5.69 Å². The Bertz CT molecular complexity index is 1460. The molecule has 0 saturated carbocycles. The molecule has 3 aromatic carbocycles. The number of hydrogen-bond donors (Lipinski definition) is 1. The van der Waals surface area contributed by atoms with Gasteiger partial charge in [-0.25, -0.2) is 12.8 Å². The van der Waals surface area contributed by atoms with Crippen molar-refractivity contribution in [1.82, 2.24) is 14.8 Å². The normalized spacial score (nSPS) is 12.3. The summed E-state index contributed by atoms with van der Waals surface area (Å²) in [6.07, 6.45) is 0.434. The number of rotatable bonds is 9. The molecule has 1 unspecified atom stereocenters. The van der Waals surface area contributed by atoms with E-state index < -0.39 is 20.9 Å². The number of para-hydroxylation sites is 2. The molecule has 1 aromatic heterocycles. The molecule has 186 valence electrons. The Hall–Kier alpha value is -3.50. The molecule has 0 bridgehead atoms. The van der Waals surface area contributed by atoms with E-state index >= 15 is 0 Å². The van der Waals surface area contributed by atoms with Gasteiger partial charge in [0.25, 0.3) is 0 Å². The van der Waals surface area contributed by atoms with Gasteiger partial charge in [0.2, 0.25) is 5.91 Å². The van der Waals surface area contributed by atoms with Crippen LogP contribution in [0.1, 0.15) is 24.7 Å². The monoisotopic (exact) mass is 524 g/mol. The molecule has 4 aromatic rings. The average Bonchev–Trinajstić information content (AvgIpc) is 3.25. The number of carbonyl (C=O) groups is 1. The van der Waals surface area contributed by atoms with Crippen LogP contribution in [-0.2, 0) is 20.4 Å². The number of aryl methyl sites for hydroxylation is 1. The molecule has 0 fully saturated rings. The zero-order valence-corrected chi connectivity index (χ0v) is 21.4. The molecule has 36 heavy (non-hydrogen) atoms. The van der Waals surface area contributed by atoms with E-state index in [0.29, 0.717) is 17.3 Å². The van der Waals surface area contributed by atoms with Gasteiger partial charge in [-0.2, -0.15) is 0 Å². The molecule has 10 heteroatoms. The van der Waals surface area contributed by atoms with Crippen LogP contribution < -0.4 is 5.32 Å². The van der Waals surface area contributed by atoms with Crippen LogP contribution in [0.3, 0.4) is 0 Å². The number of amides is 1. The summed E-state index contributed by atoms with van der Waals surface area (Å²) in [6.45, 7) is 3.73. The van der Waals surface area contributed by atoms with E-state index in [0.717, 1.165) is 17.3 Å². The lowest BCUT2D eigenvalue weighted by atomic mass is 10.2. The Morgan fingerprint density at radius 2 is 1.67 bits per heavy atom. The number of nitrogens with zero attached hydrogens (tertiary/aromatic N) is 3. The number of aromatic nitrogens is 3. The lowest BCUT2D eigenvalue weighted by Gasteiger charge is -2.16. The fourth-order valence-corrected chi connectivity index (χ4v) is 5.77. The van der Waals surface area contributed by atoms with Gasteiger partial charge in [-0.3, -0.25) is 9.36 Å². The fraction of sp³-hybridized carbons (Fsp3) is 0.192. The largest absolute Gasteiger partial charge is 0.323 e. The van der Waals surface area contributed by atoms with Crippen LogP contribution in [0.25, 0.3) is 5.69 Å². The van der Waals surface area contributed by atoms with Crippen molar-refractivity contribution in [2.75, 3.05) is 5.32 Å².